The summed E-state index contributed by atoms with van der Waals surface area (Å²) in [7, 11) is 0. The van der Waals surface area contributed by atoms with Crippen LogP contribution in [0, 0.1) is 0 Å². The maximum atomic E-state index is 12.2. The maximum absolute atomic E-state index is 12.2. The second-order valence-electron chi connectivity index (χ2n) is 5.35. The van der Waals surface area contributed by atoms with Gasteiger partial charge in [0.15, 0.2) is 5.78 Å². The molecular formula is C20H16Cl2O. The molecule has 0 aliphatic carbocycles. The molecule has 3 heteroatoms. The Labute approximate surface area is 145 Å². The lowest BCUT2D eigenvalue weighted by Gasteiger charge is -2.12. The van der Waals surface area contributed by atoms with Gasteiger partial charge in [-0.15, -0.1) is 23.2 Å². The molecule has 0 saturated heterocycles. The third kappa shape index (κ3) is 2.75. The van der Waals surface area contributed by atoms with Crippen molar-refractivity contribution in [2.24, 2.45) is 0 Å². The van der Waals surface area contributed by atoms with Crippen LogP contribution >= 0.6 is 23.2 Å². The van der Waals surface area contributed by atoms with Crippen LogP contribution in [-0.4, -0.2) is 11.1 Å². The Balaban J connectivity index is 0.000000485. The van der Waals surface area contributed by atoms with Crippen molar-refractivity contribution in [2.45, 2.75) is 13.3 Å². The molecule has 0 unspecified atom stereocenters. The molecule has 0 spiro atoms. The smallest absolute Gasteiger partial charge is 0.163 e. The number of halogens is 2. The highest BCUT2D eigenvalue weighted by atomic mass is 35.5. The van der Waals surface area contributed by atoms with E-state index in [1.54, 1.807) is 0 Å². The molecule has 0 radical (unpaired) electrons. The van der Waals surface area contributed by atoms with Crippen LogP contribution in [0.4, 0.5) is 0 Å². The molecule has 0 N–H and O–H groups in total. The van der Waals surface area contributed by atoms with E-state index >= 15 is 0 Å². The fourth-order valence-corrected chi connectivity index (χ4v) is 3.17. The summed E-state index contributed by atoms with van der Waals surface area (Å²) in [5.41, 5.74) is 0.846. The highest BCUT2D eigenvalue weighted by Gasteiger charge is 2.13. The van der Waals surface area contributed by atoms with Gasteiger partial charge in [0.25, 0.3) is 0 Å². The van der Waals surface area contributed by atoms with Crippen LogP contribution in [0.1, 0.15) is 23.7 Å². The van der Waals surface area contributed by atoms with Gasteiger partial charge in [0, 0.05) is 12.0 Å². The summed E-state index contributed by atoms with van der Waals surface area (Å²) in [5.74, 6) is 0.211. The van der Waals surface area contributed by atoms with Gasteiger partial charge in [0.1, 0.15) is 0 Å². The van der Waals surface area contributed by atoms with Gasteiger partial charge in [-0.05, 0) is 32.3 Å². The molecule has 4 aromatic rings. The summed E-state index contributed by atoms with van der Waals surface area (Å²) in [6, 6.07) is 18.9. The Bertz CT molecular complexity index is 959. The molecule has 0 bridgehead atoms. The van der Waals surface area contributed by atoms with Crippen molar-refractivity contribution < 1.29 is 4.79 Å². The topological polar surface area (TPSA) is 17.1 Å². The Kier molecular flexibility index (Phi) is 4.70. The average molecular weight is 343 g/mol. The number of alkyl halides is 2. The Morgan fingerprint density at radius 3 is 1.96 bits per heavy atom. The molecule has 4 aromatic carbocycles. The first-order valence-electron chi connectivity index (χ1n) is 7.53. The maximum Gasteiger partial charge on any atom is 0.163 e. The van der Waals surface area contributed by atoms with Crippen LogP contribution < -0.4 is 0 Å². The van der Waals surface area contributed by atoms with Crippen molar-refractivity contribution in [1.29, 1.82) is 0 Å². The predicted molar refractivity (Wildman–Crippen MR) is 101 cm³/mol. The molecule has 0 aliphatic rings. The first kappa shape index (κ1) is 16.0. The fourth-order valence-electron chi connectivity index (χ4n) is 3.17. The van der Waals surface area contributed by atoms with Gasteiger partial charge >= 0.3 is 0 Å². The van der Waals surface area contributed by atoms with Crippen LogP contribution in [0.3, 0.4) is 0 Å². The minimum Gasteiger partial charge on any atom is -0.294 e. The van der Waals surface area contributed by atoms with Crippen molar-refractivity contribution in [1.82, 2.24) is 0 Å². The summed E-state index contributed by atoms with van der Waals surface area (Å²) in [6.07, 6.45) is 0.546. The van der Waals surface area contributed by atoms with Gasteiger partial charge in [0.2, 0.25) is 0 Å². The minimum absolute atomic E-state index is 0.194. The second-order valence-corrected chi connectivity index (χ2v) is 6.16. The minimum atomic E-state index is 0.194. The molecule has 0 saturated carbocycles. The van der Waals surface area contributed by atoms with Gasteiger partial charge in [-0.25, -0.2) is 0 Å². The number of hydrogen-bond acceptors (Lipinski definition) is 1. The summed E-state index contributed by atoms with van der Waals surface area (Å²) in [4.78, 5) is 12.2. The van der Waals surface area contributed by atoms with Gasteiger partial charge in [-0.3, -0.25) is 4.79 Å². The van der Waals surface area contributed by atoms with E-state index in [-0.39, 0.29) is 11.1 Å². The zero-order chi connectivity index (χ0) is 16.4. The van der Waals surface area contributed by atoms with E-state index in [1.165, 1.54) is 26.9 Å². The molecule has 23 heavy (non-hydrogen) atoms. The summed E-state index contributed by atoms with van der Waals surface area (Å²) in [5, 5.41) is 7.45. The van der Waals surface area contributed by atoms with Crippen LogP contribution in [0.25, 0.3) is 32.3 Å². The van der Waals surface area contributed by atoms with Crippen LogP contribution in [-0.2, 0) is 0 Å². The first-order valence-corrected chi connectivity index (χ1v) is 8.59. The highest BCUT2D eigenvalue weighted by Crippen LogP contribution is 2.36. The molecule has 0 heterocycles. The molecule has 0 fully saturated rings. The fraction of sp³-hybridized carbons (Fsp3) is 0.150. The second kappa shape index (κ2) is 6.74. The van der Waals surface area contributed by atoms with Gasteiger partial charge in [0.05, 0.1) is 5.34 Å². The SMILES string of the molecule is CCC(=O)c1ccc2ccc3cccc4ccc1c2c34.ClCCl. The van der Waals surface area contributed by atoms with Crippen LogP contribution in [0.5, 0.6) is 0 Å². The number of benzene rings is 4. The zero-order valence-electron chi connectivity index (χ0n) is 12.8. The number of carbonyl (C=O) groups is 1. The van der Waals surface area contributed by atoms with E-state index in [0.717, 1.165) is 10.9 Å². The zero-order valence-corrected chi connectivity index (χ0v) is 14.3. The summed E-state index contributed by atoms with van der Waals surface area (Å²) >= 11 is 9.53. The van der Waals surface area contributed by atoms with Crippen LogP contribution in [0.2, 0.25) is 0 Å². The standard InChI is InChI=1S/C19H14O.CH2Cl2/c1-2-17(20)15-10-8-14-7-6-12-4-3-5-13-9-11-16(15)19(14)18(12)13;2-1-3/h3-11H,2H2,1H3;1H2. The van der Waals surface area contributed by atoms with Gasteiger partial charge in [-0.1, -0.05) is 61.5 Å². The molecule has 4 rings (SSSR count). The summed E-state index contributed by atoms with van der Waals surface area (Å²) < 4.78 is 0. The lowest BCUT2D eigenvalue weighted by Crippen LogP contribution is -1.98. The molecule has 116 valence electrons. The molecule has 0 aromatic heterocycles. The lowest BCUT2D eigenvalue weighted by molar-refractivity contribution is 0.0990. The third-order valence-corrected chi connectivity index (χ3v) is 4.15. The predicted octanol–water partition coefficient (Wildman–Crippen LogP) is 6.60. The van der Waals surface area contributed by atoms with Crippen molar-refractivity contribution in [2.75, 3.05) is 5.34 Å². The van der Waals surface area contributed by atoms with E-state index in [2.05, 4.69) is 48.5 Å². The number of rotatable bonds is 2. The lowest BCUT2D eigenvalue weighted by atomic mass is 9.90. The van der Waals surface area contributed by atoms with Crippen molar-refractivity contribution in [3.8, 4) is 0 Å². The van der Waals surface area contributed by atoms with Crippen molar-refractivity contribution in [3.05, 3.63) is 60.2 Å². The molecule has 0 atom stereocenters. The van der Waals surface area contributed by atoms with Crippen molar-refractivity contribution >= 4 is 61.3 Å². The van der Waals surface area contributed by atoms with Gasteiger partial charge in [-0.2, -0.15) is 0 Å². The largest absolute Gasteiger partial charge is 0.294 e. The highest BCUT2D eigenvalue weighted by molar-refractivity contribution is 6.40. The monoisotopic (exact) mass is 342 g/mol. The number of carbonyl (C=O) groups excluding carboxylic acids is 1. The molecule has 0 amide bonds. The van der Waals surface area contributed by atoms with E-state index in [4.69, 9.17) is 23.2 Å². The Morgan fingerprint density at radius 1 is 0.826 bits per heavy atom. The molecular weight excluding hydrogens is 327 g/mol. The van der Waals surface area contributed by atoms with Crippen LogP contribution in [0.15, 0.2) is 54.6 Å². The average Bonchev–Trinajstić information content (AvgIpc) is 2.59. The Hall–Kier alpha value is -1.83. The van der Waals surface area contributed by atoms with Gasteiger partial charge < -0.3 is 0 Å². The molecule has 1 nitrogen and oxygen atoms in total. The van der Waals surface area contributed by atoms with E-state index in [0.29, 0.717) is 6.42 Å². The summed E-state index contributed by atoms with van der Waals surface area (Å²) in [6.45, 7) is 1.92. The quantitative estimate of drug-likeness (QED) is 0.228. The van der Waals surface area contributed by atoms with E-state index in [1.807, 2.05) is 13.0 Å². The first-order chi connectivity index (χ1) is 11.2. The normalized spacial score (nSPS) is 10.9. The van der Waals surface area contributed by atoms with E-state index < -0.39 is 0 Å². The molecule has 0 aliphatic heterocycles. The number of Topliss-reactive ketones (excluding diaryl/α,β-unsaturated/α-hetero) is 1. The number of hydrogen-bond donors (Lipinski definition) is 0. The number of ketones is 1. The van der Waals surface area contributed by atoms with E-state index in [9.17, 15) is 4.79 Å². The Morgan fingerprint density at radius 2 is 1.35 bits per heavy atom. The van der Waals surface area contributed by atoms with Crippen molar-refractivity contribution in [3.63, 3.8) is 0 Å². The third-order valence-electron chi connectivity index (χ3n) is 4.15.